The first-order valence-electron chi connectivity index (χ1n) is 8.51. The van der Waals surface area contributed by atoms with E-state index in [0.29, 0.717) is 12.2 Å². The number of amides is 2. The molecule has 1 aromatic heterocycles. The van der Waals surface area contributed by atoms with Gasteiger partial charge in [0.1, 0.15) is 5.82 Å². The molecule has 0 fully saturated rings. The smallest absolute Gasteiger partial charge is 0.314 e. The van der Waals surface area contributed by atoms with Crippen LogP contribution in [0.15, 0.2) is 24.3 Å². The lowest BCUT2D eigenvalue weighted by atomic mass is 10.2. The van der Waals surface area contributed by atoms with Gasteiger partial charge in [-0.25, -0.2) is 4.68 Å². The minimum absolute atomic E-state index is 0.205. The Labute approximate surface area is 156 Å². The highest BCUT2D eigenvalue weighted by molar-refractivity contribution is 7.98. The molecule has 0 unspecified atom stereocenters. The molecule has 138 valence electrons. The highest BCUT2D eigenvalue weighted by Crippen LogP contribution is 2.36. The van der Waals surface area contributed by atoms with Crippen molar-refractivity contribution in [2.45, 2.75) is 37.8 Å². The van der Waals surface area contributed by atoms with E-state index < -0.39 is 17.9 Å². The van der Waals surface area contributed by atoms with Crippen LogP contribution in [0.1, 0.15) is 30.2 Å². The quantitative estimate of drug-likeness (QED) is 0.693. The molecule has 3 rings (SSSR count). The van der Waals surface area contributed by atoms with Gasteiger partial charge in [0.05, 0.1) is 24.0 Å². The molecule has 1 atom stereocenters. The summed E-state index contributed by atoms with van der Waals surface area (Å²) in [5.74, 6) is 0.538. The van der Waals surface area contributed by atoms with E-state index in [-0.39, 0.29) is 6.61 Å². The van der Waals surface area contributed by atoms with Crippen molar-refractivity contribution in [3.05, 3.63) is 41.1 Å². The fraction of sp³-hybridized carbons (Fsp3) is 0.389. The van der Waals surface area contributed by atoms with Crippen molar-refractivity contribution in [3.63, 3.8) is 0 Å². The fourth-order valence-corrected chi connectivity index (χ4v) is 3.74. The van der Waals surface area contributed by atoms with Crippen molar-refractivity contribution in [2.75, 3.05) is 11.9 Å². The molecule has 0 radical (unpaired) electrons. The molecule has 2 aromatic rings. The second-order valence-electron chi connectivity index (χ2n) is 6.23. The number of aryl methyl sites for hydroxylation is 1. The largest absolute Gasteiger partial charge is 0.394 e. The third-order valence-electron chi connectivity index (χ3n) is 4.32. The molecule has 0 bridgehead atoms. The van der Waals surface area contributed by atoms with E-state index in [4.69, 9.17) is 0 Å². The number of aliphatic hydroxyl groups is 1. The first-order valence-corrected chi connectivity index (χ1v) is 9.67. The van der Waals surface area contributed by atoms with E-state index in [1.54, 1.807) is 16.4 Å². The van der Waals surface area contributed by atoms with E-state index in [1.165, 1.54) is 0 Å². The van der Waals surface area contributed by atoms with Gasteiger partial charge in [-0.2, -0.15) is 16.9 Å². The van der Waals surface area contributed by atoms with E-state index in [1.807, 2.05) is 38.1 Å². The average molecular weight is 374 g/mol. The van der Waals surface area contributed by atoms with Gasteiger partial charge in [-0.1, -0.05) is 24.6 Å². The molecule has 0 spiro atoms. The molecular weight excluding hydrogens is 352 g/mol. The van der Waals surface area contributed by atoms with Crippen molar-refractivity contribution in [3.8, 4) is 5.69 Å². The monoisotopic (exact) mass is 374 g/mol. The molecule has 7 nitrogen and oxygen atoms in total. The molecule has 0 aliphatic carbocycles. The van der Waals surface area contributed by atoms with Gasteiger partial charge in [-0.3, -0.25) is 9.59 Å². The van der Waals surface area contributed by atoms with Crippen LogP contribution >= 0.6 is 11.8 Å². The van der Waals surface area contributed by atoms with E-state index in [2.05, 4.69) is 15.7 Å². The summed E-state index contributed by atoms with van der Waals surface area (Å²) in [7, 11) is 0. The Morgan fingerprint density at radius 3 is 2.65 bits per heavy atom. The Morgan fingerprint density at radius 1 is 1.27 bits per heavy atom. The molecule has 0 saturated heterocycles. The lowest BCUT2D eigenvalue weighted by molar-refractivity contribution is -0.136. The maximum Gasteiger partial charge on any atom is 0.314 e. The summed E-state index contributed by atoms with van der Waals surface area (Å²) in [5.41, 5.74) is 3.83. The predicted molar refractivity (Wildman–Crippen MR) is 101 cm³/mol. The van der Waals surface area contributed by atoms with Crippen LogP contribution in [-0.4, -0.2) is 39.4 Å². The van der Waals surface area contributed by atoms with Gasteiger partial charge in [0.25, 0.3) is 0 Å². The molecule has 1 aliphatic rings. The maximum atomic E-state index is 12.4. The van der Waals surface area contributed by atoms with Gasteiger partial charge in [0.2, 0.25) is 0 Å². The van der Waals surface area contributed by atoms with Crippen LogP contribution in [0.2, 0.25) is 0 Å². The van der Waals surface area contributed by atoms with Crippen LogP contribution in [0, 0.1) is 6.92 Å². The standard InChI is InChI=1S/C18H22N4O3S/c1-3-12(8-23)19-17(24)18(25)20-16-14-9-26-10-15(14)21-22(16)13-6-4-11(2)5-7-13/h4-7,12,23H,3,8-10H2,1-2H3,(H,19,24)(H,20,25)/t12-/m1/s1. The Hall–Kier alpha value is -2.32. The Kier molecular flexibility index (Phi) is 5.63. The van der Waals surface area contributed by atoms with Gasteiger partial charge in [0, 0.05) is 17.1 Å². The van der Waals surface area contributed by atoms with E-state index in [9.17, 15) is 14.7 Å². The van der Waals surface area contributed by atoms with E-state index >= 15 is 0 Å². The number of thioether (sulfide) groups is 1. The molecule has 2 heterocycles. The summed E-state index contributed by atoms with van der Waals surface area (Å²) in [6.07, 6.45) is 0.545. The topological polar surface area (TPSA) is 96.2 Å². The lowest BCUT2D eigenvalue weighted by Crippen LogP contribution is -2.43. The second-order valence-corrected chi connectivity index (χ2v) is 7.21. The first-order chi connectivity index (χ1) is 12.5. The van der Waals surface area contributed by atoms with Gasteiger partial charge in [0.15, 0.2) is 0 Å². The van der Waals surface area contributed by atoms with Crippen molar-refractivity contribution < 1.29 is 14.7 Å². The van der Waals surface area contributed by atoms with Crippen LogP contribution < -0.4 is 10.6 Å². The third kappa shape index (κ3) is 3.76. The van der Waals surface area contributed by atoms with Crippen molar-refractivity contribution in [1.29, 1.82) is 0 Å². The summed E-state index contributed by atoms with van der Waals surface area (Å²) < 4.78 is 1.68. The molecule has 0 saturated carbocycles. The first kappa shape index (κ1) is 18.5. The van der Waals surface area contributed by atoms with Crippen LogP contribution in [0.3, 0.4) is 0 Å². The van der Waals surface area contributed by atoms with Gasteiger partial charge < -0.3 is 15.7 Å². The minimum atomic E-state index is -0.762. The normalized spacial score (nSPS) is 14.0. The van der Waals surface area contributed by atoms with Crippen LogP contribution in [0.4, 0.5) is 5.82 Å². The number of anilines is 1. The molecule has 1 aromatic carbocycles. The Balaban J connectivity index is 1.86. The van der Waals surface area contributed by atoms with Crippen LogP contribution in [0.25, 0.3) is 5.69 Å². The predicted octanol–water partition coefficient (Wildman–Crippen LogP) is 1.75. The third-order valence-corrected chi connectivity index (χ3v) is 5.29. The summed E-state index contributed by atoms with van der Waals surface area (Å²) in [4.78, 5) is 24.5. The van der Waals surface area contributed by atoms with E-state index in [0.717, 1.165) is 34.0 Å². The van der Waals surface area contributed by atoms with Crippen LogP contribution in [0.5, 0.6) is 0 Å². The van der Waals surface area contributed by atoms with Gasteiger partial charge in [-0.15, -0.1) is 0 Å². The zero-order valence-corrected chi connectivity index (χ0v) is 15.6. The number of aliphatic hydroxyl groups excluding tert-OH is 1. The number of hydrogen-bond donors (Lipinski definition) is 3. The number of hydrogen-bond acceptors (Lipinski definition) is 5. The average Bonchev–Trinajstić information content (AvgIpc) is 3.22. The molecule has 1 aliphatic heterocycles. The van der Waals surface area contributed by atoms with Crippen LogP contribution in [-0.2, 0) is 21.1 Å². The number of carbonyl (C=O) groups excluding carboxylic acids is 2. The number of rotatable bonds is 5. The maximum absolute atomic E-state index is 12.4. The van der Waals surface area contributed by atoms with Crippen molar-refractivity contribution in [1.82, 2.24) is 15.1 Å². The summed E-state index contributed by atoms with van der Waals surface area (Å²) in [6, 6.07) is 7.37. The number of nitrogens with zero attached hydrogens (tertiary/aromatic N) is 2. The Morgan fingerprint density at radius 2 is 2.00 bits per heavy atom. The highest BCUT2D eigenvalue weighted by Gasteiger charge is 2.27. The number of carbonyl (C=O) groups is 2. The molecule has 8 heteroatoms. The molecule has 26 heavy (non-hydrogen) atoms. The number of benzene rings is 1. The minimum Gasteiger partial charge on any atom is -0.394 e. The number of fused-ring (bicyclic) bond motifs is 1. The molecule has 3 N–H and O–H groups in total. The SMILES string of the molecule is CC[C@H](CO)NC(=O)C(=O)Nc1c2c(nn1-c1ccc(C)cc1)CSC2. The van der Waals surface area contributed by atoms with Crippen molar-refractivity contribution in [2.24, 2.45) is 0 Å². The molecule has 2 amide bonds. The fourth-order valence-electron chi connectivity index (χ4n) is 2.71. The van der Waals surface area contributed by atoms with Crippen molar-refractivity contribution >= 4 is 29.4 Å². The summed E-state index contributed by atoms with van der Waals surface area (Å²) in [6.45, 7) is 3.63. The Bertz CT molecular complexity index is 813. The lowest BCUT2D eigenvalue weighted by Gasteiger charge is -2.15. The summed E-state index contributed by atoms with van der Waals surface area (Å²) in [5, 5.41) is 19.0. The van der Waals surface area contributed by atoms with Gasteiger partial charge >= 0.3 is 11.8 Å². The zero-order valence-electron chi connectivity index (χ0n) is 14.8. The highest BCUT2D eigenvalue weighted by atomic mass is 32.2. The number of aromatic nitrogens is 2. The number of nitrogens with one attached hydrogen (secondary N) is 2. The molecular formula is C18H22N4O3S. The second kappa shape index (κ2) is 7.92. The van der Waals surface area contributed by atoms with Gasteiger partial charge in [-0.05, 0) is 25.5 Å². The summed E-state index contributed by atoms with van der Waals surface area (Å²) >= 11 is 1.72. The zero-order chi connectivity index (χ0) is 18.7.